The van der Waals surface area contributed by atoms with E-state index in [0.717, 1.165) is 19.6 Å². The van der Waals surface area contributed by atoms with Crippen molar-refractivity contribution in [2.45, 2.75) is 20.4 Å². The molecule has 0 bridgehead atoms. The van der Waals surface area contributed by atoms with Crippen LogP contribution in [0.25, 0.3) is 0 Å². The molecule has 0 spiro atoms. The molecule has 0 saturated carbocycles. The maximum atomic E-state index is 13.8. The van der Waals surface area contributed by atoms with E-state index in [1.54, 1.807) is 34.1 Å². The highest BCUT2D eigenvalue weighted by Gasteiger charge is 2.26. The average Bonchev–Trinajstić information content (AvgIpc) is 2.72. The monoisotopic (exact) mass is 384 g/mol. The first-order valence-electron chi connectivity index (χ1n) is 9.48. The van der Waals surface area contributed by atoms with E-state index >= 15 is 0 Å². The number of rotatable bonds is 5. The predicted molar refractivity (Wildman–Crippen MR) is 106 cm³/mol. The first kappa shape index (κ1) is 19.9. The van der Waals surface area contributed by atoms with Crippen molar-refractivity contribution in [3.05, 3.63) is 59.7 Å². The van der Waals surface area contributed by atoms with Gasteiger partial charge in [-0.1, -0.05) is 13.0 Å². The van der Waals surface area contributed by atoms with Gasteiger partial charge >= 0.3 is 6.03 Å². The van der Waals surface area contributed by atoms with Crippen LogP contribution in [0.1, 0.15) is 29.9 Å². The second kappa shape index (κ2) is 8.93. The summed E-state index contributed by atoms with van der Waals surface area (Å²) in [6.07, 6.45) is 1.51. The normalized spacial score (nSPS) is 14.8. The zero-order chi connectivity index (χ0) is 20.1. The molecule has 7 heteroatoms. The first-order chi connectivity index (χ1) is 13.5. The molecule has 1 aromatic carbocycles. The Morgan fingerprint density at radius 2 is 1.89 bits per heavy atom. The highest BCUT2D eigenvalue weighted by Crippen LogP contribution is 2.21. The number of halogens is 1. The Kier molecular flexibility index (Phi) is 6.36. The fourth-order valence-electron chi connectivity index (χ4n) is 3.23. The maximum Gasteiger partial charge on any atom is 0.324 e. The SMILES string of the molecule is CCN1CCN(C(=O)N(Cc2ccc(C(C)=O)cn2)c2cccc(F)c2)CC1. The van der Waals surface area contributed by atoms with E-state index in [2.05, 4.69) is 16.8 Å². The van der Waals surface area contributed by atoms with E-state index in [-0.39, 0.29) is 18.4 Å². The third kappa shape index (κ3) is 4.72. The van der Waals surface area contributed by atoms with Crippen molar-refractivity contribution in [3.63, 3.8) is 0 Å². The second-order valence-corrected chi connectivity index (χ2v) is 6.86. The van der Waals surface area contributed by atoms with Crippen molar-refractivity contribution < 1.29 is 14.0 Å². The minimum atomic E-state index is -0.397. The summed E-state index contributed by atoms with van der Waals surface area (Å²) in [5.41, 5.74) is 1.64. The Morgan fingerprint density at radius 3 is 2.46 bits per heavy atom. The van der Waals surface area contributed by atoms with Gasteiger partial charge in [-0.3, -0.25) is 14.7 Å². The minimum absolute atomic E-state index is 0.0640. The first-order valence-corrected chi connectivity index (χ1v) is 9.48. The largest absolute Gasteiger partial charge is 0.324 e. The minimum Gasteiger partial charge on any atom is -0.322 e. The number of benzene rings is 1. The number of hydrogen-bond donors (Lipinski definition) is 0. The lowest BCUT2D eigenvalue weighted by molar-refractivity contribution is 0.101. The van der Waals surface area contributed by atoms with Gasteiger partial charge in [0.1, 0.15) is 5.82 Å². The van der Waals surface area contributed by atoms with Crippen LogP contribution in [-0.4, -0.2) is 59.3 Å². The van der Waals surface area contributed by atoms with Crippen molar-refractivity contribution >= 4 is 17.5 Å². The van der Waals surface area contributed by atoms with Gasteiger partial charge in [-0.15, -0.1) is 0 Å². The molecule has 1 aromatic heterocycles. The van der Waals surface area contributed by atoms with Crippen LogP contribution >= 0.6 is 0 Å². The third-order valence-corrected chi connectivity index (χ3v) is 4.99. The van der Waals surface area contributed by atoms with Gasteiger partial charge in [0.15, 0.2) is 5.78 Å². The molecular weight excluding hydrogens is 359 g/mol. The molecule has 1 aliphatic rings. The molecule has 148 valence electrons. The van der Waals surface area contributed by atoms with E-state index in [4.69, 9.17) is 0 Å². The lowest BCUT2D eigenvalue weighted by atomic mass is 10.2. The molecule has 3 rings (SSSR count). The number of piperazine rings is 1. The number of nitrogens with zero attached hydrogens (tertiary/aromatic N) is 4. The van der Waals surface area contributed by atoms with Crippen LogP contribution < -0.4 is 4.90 Å². The topological polar surface area (TPSA) is 56.8 Å². The number of pyridine rings is 1. The summed E-state index contributed by atoms with van der Waals surface area (Å²) in [7, 11) is 0. The smallest absolute Gasteiger partial charge is 0.322 e. The molecule has 1 saturated heterocycles. The summed E-state index contributed by atoms with van der Waals surface area (Å²) in [5.74, 6) is -0.461. The van der Waals surface area contributed by atoms with Gasteiger partial charge < -0.3 is 9.80 Å². The molecule has 2 amide bonds. The van der Waals surface area contributed by atoms with Crippen LogP contribution in [0.2, 0.25) is 0 Å². The summed E-state index contributed by atoms with van der Waals surface area (Å²) >= 11 is 0. The molecule has 0 unspecified atom stereocenters. The zero-order valence-corrected chi connectivity index (χ0v) is 16.3. The number of ketones is 1. The van der Waals surface area contributed by atoms with Gasteiger partial charge in [0.2, 0.25) is 0 Å². The van der Waals surface area contributed by atoms with E-state index in [1.807, 2.05) is 0 Å². The summed E-state index contributed by atoms with van der Waals surface area (Å²) in [4.78, 5) is 34.6. The van der Waals surface area contributed by atoms with E-state index in [0.29, 0.717) is 30.0 Å². The molecule has 0 N–H and O–H groups in total. The van der Waals surface area contributed by atoms with Crippen molar-refractivity contribution in [2.24, 2.45) is 0 Å². The molecule has 0 atom stereocenters. The summed E-state index contributed by atoms with van der Waals surface area (Å²) in [5, 5.41) is 0. The zero-order valence-electron chi connectivity index (χ0n) is 16.3. The van der Waals surface area contributed by atoms with Crippen molar-refractivity contribution in [2.75, 3.05) is 37.6 Å². The number of anilines is 1. The van der Waals surface area contributed by atoms with Crippen LogP contribution in [0.15, 0.2) is 42.6 Å². The number of Topliss-reactive ketones (excluding diaryl/α,β-unsaturated/α-hetero) is 1. The standard InChI is InChI=1S/C21H25FN4O2/c1-3-24-9-11-25(12-10-24)21(28)26(20-6-4-5-18(22)13-20)15-19-8-7-17(14-23-19)16(2)27/h4-8,13-14H,3,9-12,15H2,1-2H3. The van der Waals surface area contributed by atoms with Crippen LogP contribution in [-0.2, 0) is 6.54 Å². The van der Waals surface area contributed by atoms with Crippen LogP contribution in [0.4, 0.5) is 14.9 Å². The molecule has 1 fully saturated rings. The van der Waals surface area contributed by atoms with E-state index in [1.165, 1.54) is 25.3 Å². The number of urea groups is 1. The molecule has 2 aromatic rings. The van der Waals surface area contributed by atoms with Crippen LogP contribution in [0.3, 0.4) is 0 Å². The van der Waals surface area contributed by atoms with Gasteiger partial charge in [-0.2, -0.15) is 0 Å². The molecule has 0 aliphatic carbocycles. The van der Waals surface area contributed by atoms with Crippen molar-refractivity contribution in [1.29, 1.82) is 0 Å². The van der Waals surface area contributed by atoms with Crippen molar-refractivity contribution in [1.82, 2.24) is 14.8 Å². The highest BCUT2D eigenvalue weighted by molar-refractivity contribution is 5.94. The molecule has 28 heavy (non-hydrogen) atoms. The lowest BCUT2D eigenvalue weighted by Gasteiger charge is -2.37. The van der Waals surface area contributed by atoms with Gasteiger partial charge in [-0.25, -0.2) is 9.18 Å². The fraction of sp³-hybridized carbons (Fsp3) is 0.381. The van der Waals surface area contributed by atoms with Crippen LogP contribution in [0.5, 0.6) is 0 Å². The van der Waals surface area contributed by atoms with Gasteiger partial charge in [0.05, 0.1) is 12.2 Å². The highest BCUT2D eigenvalue weighted by atomic mass is 19.1. The number of carbonyl (C=O) groups is 2. The quantitative estimate of drug-likeness (QED) is 0.743. The van der Waals surface area contributed by atoms with E-state index < -0.39 is 5.82 Å². The van der Waals surface area contributed by atoms with Crippen LogP contribution in [0, 0.1) is 5.82 Å². The molecule has 1 aliphatic heterocycles. The molecular formula is C21H25FN4O2. The van der Waals surface area contributed by atoms with Crippen molar-refractivity contribution in [3.8, 4) is 0 Å². The third-order valence-electron chi connectivity index (χ3n) is 4.99. The predicted octanol–water partition coefficient (Wildman–Crippen LogP) is 3.19. The van der Waals surface area contributed by atoms with E-state index in [9.17, 15) is 14.0 Å². The van der Waals surface area contributed by atoms with Gasteiger partial charge in [0.25, 0.3) is 0 Å². The Hall–Kier alpha value is -2.80. The Bertz CT molecular complexity index is 833. The summed E-state index contributed by atoms with van der Waals surface area (Å²) < 4.78 is 13.8. The fourth-order valence-corrected chi connectivity index (χ4v) is 3.23. The summed E-state index contributed by atoms with van der Waals surface area (Å²) in [6.45, 7) is 7.67. The number of carbonyl (C=O) groups excluding carboxylic acids is 2. The lowest BCUT2D eigenvalue weighted by Crippen LogP contribution is -2.52. The molecule has 0 radical (unpaired) electrons. The number of aromatic nitrogens is 1. The van der Waals surface area contributed by atoms with Gasteiger partial charge in [0, 0.05) is 43.6 Å². The number of likely N-dealkylation sites (N-methyl/N-ethyl adjacent to an activating group) is 1. The number of amides is 2. The number of hydrogen-bond acceptors (Lipinski definition) is 4. The maximum absolute atomic E-state index is 13.8. The molecule has 2 heterocycles. The average molecular weight is 384 g/mol. The summed E-state index contributed by atoms with van der Waals surface area (Å²) in [6, 6.07) is 9.26. The van der Waals surface area contributed by atoms with Gasteiger partial charge in [-0.05, 0) is 43.8 Å². The second-order valence-electron chi connectivity index (χ2n) is 6.86. The Morgan fingerprint density at radius 1 is 1.14 bits per heavy atom. The molecule has 6 nitrogen and oxygen atoms in total. The Labute approximate surface area is 164 Å². The Balaban J connectivity index is 1.83.